The van der Waals surface area contributed by atoms with Crippen molar-refractivity contribution in [2.45, 2.75) is 43.7 Å². The van der Waals surface area contributed by atoms with Crippen LogP contribution in [0.25, 0.3) is 10.8 Å². The third-order valence-corrected chi connectivity index (χ3v) is 9.11. The van der Waals surface area contributed by atoms with Gasteiger partial charge in [0.05, 0.1) is 10.6 Å². The quantitative estimate of drug-likeness (QED) is 0.285. The van der Waals surface area contributed by atoms with Gasteiger partial charge < -0.3 is 10.2 Å². The van der Waals surface area contributed by atoms with Crippen LogP contribution in [0.4, 0.5) is 5.69 Å². The Balaban J connectivity index is 1.37. The standard InChI is InChI=1S/C32H33N3O4S/c1-2-33-32(37)28(22-24-12-5-3-6-13-24)34(23-25-14-7-4-8-15-25)30(36)20-11-21-35-27-18-9-16-26-17-10-19-29(31(26)27)40(35,38)39/h3-10,12-19,28H,2,11,20-23H2,1H3,(H,33,37)/t28-/m0/s1. The average molecular weight is 556 g/mol. The van der Waals surface area contributed by atoms with Crippen LogP contribution in [-0.2, 0) is 32.6 Å². The van der Waals surface area contributed by atoms with Gasteiger partial charge in [0.1, 0.15) is 6.04 Å². The number of hydrogen-bond acceptors (Lipinski definition) is 4. The number of carbonyl (C=O) groups excluding carboxylic acids is 2. The number of nitrogens with one attached hydrogen (secondary N) is 1. The normalized spacial score (nSPS) is 14.2. The number of rotatable bonds is 11. The van der Waals surface area contributed by atoms with E-state index in [0.29, 0.717) is 30.0 Å². The second-order valence-electron chi connectivity index (χ2n) is 9.92. The van der Waals surface area contributed by atoms with Crippen molar-refractivity contribution < 1.29 is 18.0 Å². The Labute approximate surface area is 235 Å². The smallest absolute Gasteiger partial charge is 0.265 e. The molecule has 0 aromatic heterocycles. The molecule has 0 fully saturated rings. The van der Waals surface area contributed by atoms with E-state index in [0.717, 1.165) is 21.9 Å². The molecule has 4 aromatic carbocycles. The maximum Gasteiger partial charge on any atom is 0.265 e. The van der Waals surface area contributed by atoms with Gasteiger partial charge in [-0.3, -0.25) is 13.9 Å². The molecule has 5 rings (SSSR count). The van der Waals surface area contributed by atoms with Gasteiger partial charge in [-0.25, -0.2) is 8.42 Å². The van der Waals surface area contributed by atoms with Gasteiger partial charge in [-0.05, 0) is 42.0 Å². The van der Waals surface area contributed by atoms with Crippen LogP contribution in [0.15, 0.2) is 102 Å². The summed E-state index contributed by atoms with van der Waals surface area (Å²) in [7, 11) is -3.70. The molecule has 40 heavy (non-hydrogen) atoms. The molecule has 1 aliphatic rings. The average Bonchev–Trinajstić information content (AvgIpc) is 3.19. The summed E-state index contributed by atoms with van der Waals surface area (Å²) in [5, 5.41) is 4.50. The van der Waals surface area contributed by atoms with E-state index < -0.39 is 16.1 Å². The predicted octanol–water partition coefficient (Wildman–Crippen LogP) is 4.90. The van der Waals surface area contributed by atoms with E-state index in [9.17, 15) is 18.0 Å². The van der Waals surface area contributed by atoms with Gasteiger partial charge in [0.15, 0.2) is 0 Å². The summed E-state index contributed by atoms with van der Waals surface area (Å²) in [5.74, 6) is -0.400. The minimum Gasteiger partial charge on any atom is -0.355 e. The van der Waals surface area contributed by atoms with Gasteiger partial charge in [0.2, 0.25) is 11.8 Å². The highest BCUT2D eigenvalue weighted by Crippen LogP contribution is 2.42. The number of nitrogens with zero attached hydrogens (tertiary/aromatic N) is 2. The largest absolute Gasteiger partial charge is 0.355 e. The molecule has 7 nitrogen and oxygen atoms in total. The van der Waals surface area contributed by atoms with Crippen LogP contribution in [0.3, 0.4) is 0 Å². The summed E-state index contributed by atoms with van der Waals surface area (Å²) in [6.07, 6.45) is 0.806. The maximum atomic E-state index is 13.8. The summed E-state index contributed by atoms with van der Waals surface area (Å²) in [6, 6.07) is 29.4. The maximum absolute atomic E-state index is 13.8. The number of carbonyl (C=O) groups is 2. The molecule has 8 heteroatoms. The minimum atomic E-state index is -3.70. The zero-order valence-electron chi connectivity index (χ0n) is 22.5. The Morgan fingerprint density at radius 2 is 1.50 bits per heavy atom. The van der Waals surface area contributed by atoms with Crippen molar-refractivity contribution in [3.63, 3.8) is 0 Å². The highest BCUT2D eigenvalue weighted by atomic mass is 32.2. The van der Waals surface area contributed by atoms with Gasteiger partial charge in [-0.1, -0.05) is 84.9 Å². The van der Waals surface area contributed by atoms with Crippen LogP contribution >= 0.6 is 0 Å². The monoisotopic (exact) mass is 555 g/mol. The van der Waals surface area contributed by atoms with E-state index in [1.54, 1.807) is 17.0 Å². The van der Waals surface area contributed by atoms with E-state index in [1.807, 2.05) is 91.9 Å². The molecular formula is C32H33N3O4S. The van der Waals surface area contributed by atoms with E-state index in [-0.39, 0.29) is 31.3 Å². The van der Waals surface area contributed by atoms with Crippen molar-refractivity contribution in [2.75, 3.05) is 17.4 Å². The Kier molecular flexibility index (Phi) is 8.16. The lowest BCUT2D eigenvalue weighted by atomic mass is 10.0. The molecule has 0 aliphatic carbocycles. The van der Waals surface area contributed by atoms with Gasteiger partial charge in [0.25, 0.3) is 10.0 Å². The van der Waals surface area contributed by atoms with Crippen molar-refractivity contribution in [1.82, 2.24) is 10.2 Å². The van der Waals surface area contributed by atoms with Crippen LogP contribution in [0, 0.1) is 0 Å². The number of sulfonamides is 1. The first-order chi connectivity index (χ1) is 19.4. The minimum absolute atomic E-state index is 0.107. The molecule has 0 saturated heterocycles. The van der Waals surface area contributed by atoms with Crippen molar-refractivity contribution in [3.05, 3.63) is 108 Å². The van der Waals surface area contributed by atoms with Crippen LogP contribution in [0.2, 0.25) is 0 Å². The summed E-state index contributed by atoms with van der Waals surface area (Å²) in [6.45, 7) is 2.76. The third-order valence-electron chi connectivity index (χ3n) is 7.25. The molecule has 0 unspecified atom stereocenters. The highest BCUT2D eigenvalue weighted by Gasteiger charge is 2.36. The molecule has 0 bridgehead atoms. The van der Waals surface area contributed by atoms with Crippen LogP contribution in [-0.4, -0.2) is 44.3 Å². The van der Waals surface area contributed by atoms with Crippen LogP contribution < -0.4 is 9.62 Å². The van der Waals surface area contributed by atoms with E-state index in [1.165, 1.54) is 4.31 Å². The molecule has 1 aliphatic heterocycles. The molecule has 4 aromatic rings. The summed E-state index contributed by atoms with van der Waals surface area (Å²) in [4.78, 5) is 29.0. The second-order valence-corrected chi connectivity index (χ2v) is 11.8. The number of anilines is 1. The van der Waals surface area contributed by atoms with E-state index in [4.69, 9.17) is 0 Å². The van der Waals surface area contributed by atoms with Crippen LogP contribution in [0.5, 0.6) is 0 Å². The Morgan fingerprint density at radius 1 is 0.850 bits per heavy atom. The first-order valence-corrected chi connectivity index (χ1v) is 15.0. The number of amides is 2. The van der Waals surface area contributed by atoms with Gasteiger partial charge >= 0.3 is 0 Å². The Morgan fingerprint density at radius 3 is 2.17 bits per heavy atom. The Hall–Kier alpha value is -4.17. The fourth-order valence-corrected chi connectivity index (χ4v) is 7.09. The van der Waals surface area contributed by atoms with Crippen molar-refractivity contribution in [2.24, 2.45) is 0 Å². The zero-order chi connectivity index (χ0) is 28.1. The topological polar surface area (TPSA) is 86.8 Å². The van der Waals surface area contributed by atoms with Gasteiger partial charge in [0, 0.05) is 37.9 Å². The van der Waals surface area contributed by atoms with Gasteiger partial charge in [-0.2, -0.15) is 0 Å². The lowest BCUT2D eigenvalue weighted by molar-refractivity contribution is -0.141. The predicted molar refractivity (Wildman–Crippen MR) is 157 cm³/mol. The van der Waals surface area contributed by atoms with E-state index >= 15 is 0 Å². The molecule has 2 amide bonds. The van der Waals surface area contributed by atoms with Crippen molar-refractivity contribution in [3.8, 4) is 0 Å². The summed E-state index contributed by atoms with van der Waals surface area (Å²) in [5.41, 5.74) is 2.52. The second kappa shape index (κ2) is 11.9. The lowest BCUT2D eigenvalue weighted by Crippen LogP contribution is -2.50. The SMILES string of the molecule is CCNC(=O)[C@H](Cc1ccccc1)N(Cc1ccccc1)C(=O)CCCN1c2cccc3cccc(c23)S1(=O)=O. The number of likely N-dealkylation sites (N-methyl/N-ethyl adjacent to an activating group) is 1. The molecule has 0 radical (unpaired) electrons. The number of hydrogen-bond donors (Lipinski definition) is 1. The molecule has 1 N–H and O–H groups in total. The van der Waals surface area contributed by atoms with E-state index in [2.05, 4.69) is 5.32 Å². The van der Waals surface area contributed by atoms with Crippen molar-refractivity contribution >= 4 is 38.3 Å². The molecule has 0 spiro atoms. The summed E-state index contributed by atoms with van der Waals surface area (Å²) >= 11 is 0. The Bertz CT molecular complexity index is 1600. The first kappa shape index (κ1) is 27.4. The number of benzene rings is 4. The lowest BCUT2D eigenvalue weighted by Gasteiger charge is -2.32. The molecular weight excluding hydrogens is 522 g/mol. The third kappa shape index (κ3) is 5.58. The van der Waals surface area contributed by atoms with Crippen molar-refractivity contribution in [1.29, 1.82) is 0 Å². The van der Waals surface area contributed by atoms with Gasteiger partial charge in [-0.15, -0.1) is 0 Å². The first-order valence-electron chi connectivity index (χ1n) is 13.6. The molecule has 206 valence electrons. The zero-order valence-corrected chi connectivity index (χ0v) is 23.3. The fraction of sp³-hybridized carbons (Fsp3) is 0.250. The highest BCUT2D eigenvalue weighted by molar-refractivity contribution is 7.93. The van der Waals surface area contributed by atoms with Crippen LogP contribution in [0.1, 0.15) is 30.9 Å². The molecule has 0 saturated carbocycles. The fourth-order valence-electron chi connectivity index (χ4n) is 5.34. The molecule has 1 atom stereocenters. The summed E-state index contributed by atoms with van der Waals surface area (Å²) < 4.78 is 28.1. The molecule has 1 heterocycles.